The SMILES string of the molecule is COc1cc(/C=N/NC(=O)CC(=O)Nc2ccccc2Br)ccc1O. The lowest BCUT2D eigenvalue weighted by Crippen LogP contribution is -2.24. The zero-order valence-electron chi connectivity index (χ0n) is 13.3. The summed E-state index contributed by atoms with van der Waals surface area (Å²) in [5.74, 6) is -0.701. The largest absolute Gasteiger partial charge is 0.504 e. The van der Waals surface area contributed by atoms with E-state index in [4.69, 9.17) is 4.74 Å². The fourth-order valence-electron chi connectivity index (χ4n) is 1.90. The van der Waals surface area contributed by atoms with Crippen LogP contribution < -0.4 is 15.5 Å². The molecule has 7 nitrogen and oxygen atoms in total. The van der Waals surface area contributed by atoms with Crippen molar-refractivity contribution in [3.63, 3.8) is 0 Å². The normalized spacial score (nSPS) is 10.5. The highest BCUT2D eigenvalue weighted by molar-refractivity contribution is 9.10. The number of methoxy groups -OCH3 is 1. The second-order valence-electron chi connectivity index (χ2n) is 4.93. The Morgan fingerprint density at radius 3 is 2.72 bits per heavy atom. The first-order valence-corrected chi connectivity index (χ1v) is 8.02. The Morgan fingerprint density at radius 1 is 1.24 bits per heavy atom. The molecule has 0 saturated heterocycles. The molecule has 0 spiro atoms. The van der Waals surface area contributed by atoms with Gasteiger partial charge in [-0.1, -0.05) is 12.1 Å². The van der Waals surface area contributed by atoms with Gasteiger partial charge in [-0.15, -0.1) is 0 Å². The number of aromatic hydroxyl groups is 1. The van der Waals surface area contributed by atoms with Crippen LogP contribution in [-0.4, -0.2) is 30.2 Å². The van der Waals surface area contributed by atoms with Crippen LogP contribution in [0.15, 0.2) is 52.0 Å². The number of hydrogen-bond acceptors (Lipinski definition) is 5. The number of carbonyl (C=O) groups excluding carboxylic acids is 2. The minimum Gasteiger partial charge on any atom is -0.504 e. The number of phenolic OH excluding ortho intramolecular Hbond substituents is 1. The van der Waals surface area contributed by atoms with Crippen molar-refractivity contribution in [3.8, 4) is 11.5 Å². The Kier molecular flexibility index (Phi) is 6.53. The summed E-state index contributed by atoms with van der Waals surface area (Å²) in [5, 5.41) is 15.9. The van der Waals surface area contributed by atoms with Gasteiger partial charge in [0, 0.05) is 4.47 Å². The number of hydrazone groups is 1. The zero-order valence-corrected chi connectivity index (χ0v) is 14.9. The van der Waals surface area contributed by atoms with Gasteiger partial charge in [0.15, 0.2) is 11.5 Å². The summed E-state index contributed by atoms with van der Waals surface area (Å²) >= 11 is 3.31. The molecular weight excluding hydrogens is 390 g/mol. The van der Waals surface area contributed by atoms with E-state index in [-0.39, 0.29) is 12.2 Å². The molecule has 0 bridgehead atoms. The van der Waals surface area contributed by atoms with Crippen molar-refractivity contribution in [2.75, 3.05) is 12.4 Å². The molecule has 0 saturated carbocycles. The predicted molar refractivity (Wildman–Crippen MR) is 97.8 cm³/mol. The Labute approximate surface area is 152 Å². The van der Waals surface area contributed by atoms with Crippen LogP contribution in [0.1, 0.15) is 12.0 Å². The molecule has 0 aliphatic rings. The maximum Gasteiger partial charge on any atom is 0.249 e. The summed E-state index contributed by atoms with van der Waals surface area (Å²) in [6, 6.07) is 11.7. The van der Waals surface area contributed by atoms with Gasteiger partial charge in [-0.05, 0) is 51.8 Å². The summed E-state index contributed by atoms with van der Waals surface area (Å²) < 4.78 is 5.70. The van der Waals surface area contributed by atoms with Crippen LogP contribution in [0.2, 0.25) is 0 Å². The van der Waals surface area contributed by atoms with Crippen molar-refractivity contribution in [1.29, 1.82) is 0 Å². The second kappa shape index (κ2) is 8.84. The van der Waals surface area contributed by atoms with Gasteiger partial charge in [-0.3, -0.25) is 9.59 Å². The average Bonchev–Trinajstić information content (AvgIpc) is 2.58. The van der Waals surface area contributed by atoms with Crippen molar-refractivity contribution in [2.24, 2.45) is 5.10 Å². The Bertz CT molecular complexity index is 808. The van der Waals surface area contributed by atoms with Crippen molar-refractivity contribution >= 4 is 39.6 Å². The number of anilines is 1. The van der Waals surface area contributed by atoms with Gasteiger partial charge in [0.1, 0.15) is 6.42 Å². The number of carbonyl (C=O) groups is 2. The first-order chi connectivity index (χ1) is 12.0. The highest BCUT2D eigenvalue weighted by Crippen LogP contribution is 2.25. The van der Waals surface area contributed by atoms with E-state index in [1.54, 1.807) is 30.3 Å². The number of nitrogens with zero attached hydrogens (tertiary/aromatic N) is 1. The van der Waals surface area contributed by atoms with Gasteiger partial charge in [0.2, 0.25) is 11.8 Å². The Morgan fingerprint density at radius 2 is 2.00 bits per heavy atom. The maximum absolute atomic E-state index is 11.8. The van der Waals surface area contributed by atoms with E-state index in [0.717, 1.165) is 4.47 Å². The molecule has 0 radical (unpaired) electrons. The second-order valence-corrected chi connectivity index (χ2v) is 5.78. The van der Waals surface area contributed by atoms with Gasteiger partial charge in [-0.25, -0.2) is 5.43 Å². The van der Waals surface area contributed by atoms with Crippen LogP contribution in [0.5, 0.6) is 11.5 Å². The molecule has 2 aromatic rings. The van der Waals surface area contributed by atoms with E-state index in [9.17, 15) is 14.7 Å². The lowest BCUT2D eigenvalue weighted by atomic mass is 10.2. The van der Waals surface area contributed by atoms with E-state index < -0.39 is 11.8 Å². The smallest absolute Gasteiger partial charge is 0.249 e. The topological polar surface area (TPSA) is 100 Å². The van der Waals surface area contributed by atoms with Crippen LogP contribution in [0.3, 0.4) is 0 Å². The molecule has 8 heteroatoms. The first kappa shape index (κ1) is 18.5. The van der Waals surface area contributed by atoms with Crippen LogP contribution in [0, 0.1) is 0 Å². The van der Waals surface area contributed by atoms with Crippen LogP contribution in [-0.2, 0) is 9.59 Å². The molecule has 2 amide bonds. The molecule has 0 aliphatic carbocycles. The molecule has 0 heterocycles. The first-order valence-electron chi connectivity index (χ1n) is 7.23. The van der Waals surface area contributed by atoms with Gasteiger partial charge in [-0.2, -0.15) is 5.10 Å². The van der Waals surface area contributed by atoms with Gasteiger partial charge in [0.25, 0.3) is 0 Å². The molecule has 0 unspecified atom stereocenters. The number of halogens is 1. The van der Waals surface area contributed by atoms with Gasteiger partial charge in [0.05, 0.1) is 19.0 Å². The van der Waals surface area contributed by atoms with E-state index in [2.05, 4.69) is 31.8 Å². The van der Waals surface area contributed by atoms with Crippen molar-refractivity contribution in [2.45, 2.75) is 6.42 Å². The highest BCUT2D eigenvalue weighted by atomic mass is 79.9. The summed E-state index contributed by atoms with van der Waals surface area (Å²) in [6.45, 7) is 0. The fourth-order valence-corrected chi connectivity index (χ4v) is 2.28. The van der Waals surface area contributed by atoms with Crippen molar-refractivity contribution in [1.82, 2.24) is 5.43 Å². The molecule has 0 aliphatic heterocycles. The van der Waals surface area contributed by atoms with E-state index in [1.807, 2.05) is 6.07 Å². The molecule has 3 N–H and O–H groups in total. The summed E-state index contributed by atoms with van der Waals surface area (Å²) in [7, 11) is 1.43. The number of phenols is 1. The summed E-state index contributed by atoms with van der Waals surface area (Å²) in [4.78, 5) is 23.6. The fraction of sp³-hybridized carbons (Fsp3) is 0.118. The number of ether oxygens (including phenoxy) is 1. The monoisotopic (exact) mass is 405 g/mol. The molecule has 0 atom stereocenters. The number of amides is 2. The molecule has 0 aromatic heterocycles. The molecule has 25 heavy (non-hydrogen) atoms. The Hall–Kier alpha value is -2.87. The quantitative estimate of drug-likeness (QED) is 0.390. The lowest BCUT2D eigenvalue weighted by molar-refractivity contribution is -0.126. The van der Waals surface area contributed by atoms with Crippen molar-refractivity contribution < 1.29 is 19.4 Å². The van der Waals surface area contributed by atoms with E-state index in [0.29, 0.717) is 17.0 Å². The summed E-state index contributed by atoms with van der Waals surface area (Å²) in [6.07, 6.45) is 1.02. The van der Waals surface area contributed by atoms with Crippen LogP contribution in [0.4, 0.5) is 5.69 Å². The third-order valence-electron chi connectivity index (χ3n) is 3.08. The van der Waals surface area contributed by atoms with E-state index in [1.165, 1.54) is 19.4 Å². The third-order valence-corrected chi connectivity index (χ3v) is 3.77. The summed E-state index contributed by atoms with van der Waals surface area (Å²) in [5.41, 5.74) is 3.47. The van der Waals surface area contributed by atoms with Gasteiger partial charge >= 0.3 is 0 Å². The van der Waals surface area contributed by atoms with Crippen LogP contribution in [0.25, 0.3) is 0 Å². The lowest BCUT2D eigenvalue weighted by Gasteiger charge is -2.06. The van der Waals surface area contributed by atoms with Gasteiger partial charge < -0.3 is 15.2 Å². The highest BCUT2D eigenvalue weighted by Gasteiger charge is 2.10. The number of hydrogen-bond donors (Lipinski definition) is 3. The number of para-hydroxylation sites is 1. The molecular formula is C17H16BrN3O4. The molecule has 2 rings (SSSR count). The maximum atomic E-state index is 11.8. The minimum absolute atomic E-state index is 0.00688. The number of benzene rings is 2. The molecule has 0 fully saturated rings. The zero-order chi connectivity index (χ0) is 18.2. The average molecular weight is 406 g/mol. The standard InChI is InChI=1S/C17H16BrN3O4/c1-25-15-8-11(6-7-14(15)22)10-19-21-17(24)9-16(23)20-13-5-3-2-4-12(13)18/h2-8,10,22H,9H2,1H3,(H,20,23)(H,21,24)/b19-10+. The Balaban J connectivity index is 1.86. The predicted octanol–water partition coefficient (Wildman–Crippen LogP) is 2.64. The van der Waals surface area contributed by atoms with Crippen LogP contribution >= 0.6 is 15.9 Å². The minimum atomic E-state index is -0.549. The van der Waals surface area contributed by atoms with Crippen molar-refractivity contribution in [3.05, 3.63) is 52.5 Å². The number of nitrogens with one attached hydrogen (secondary N) is 2. The molecule has 130 valence electrons. The third kappa shape index (κ3) is 5.61. The number of rotatable bonds is 6. The van der Waals surface area contributed by atoms with E-state index >= 15 is 0 Å². The molecule has 2 aromatic carbocycles.